The zero-order chi connectivity index (χ0) is 25.4. The van der Waals surface area contributed by atoms with Crippen molar-refractivity contribution >= 4 is 52.2 Å². The number of imide groups is 1. The Labute approximate surface area is 207 Å². The first-order valence-corrected chi connectivity index (χ1v) is 11.1. The summed E-state index contributed by atoms with van der Waals surface area (Å²) >= 11 is 12.2. The summed E-state index contributed by atoms with van der Waals surface area (Å²) < 4.78 is 12.6. The van der Waals surface area contributed by atoms with Crippen molar-refractivity contribution in [3.63, 3.8) is 0 Å². The number of hydrogen-bond donors (Lipinski definition) is 1. The van der Waals surface area contributed by atoms with Crippen LogP contribution in [0.15, 0.2) is 30.7 Å². The summed E-state index contributed by atoms with van der Waals surface area (Å²) in [5.41, 5.74) is -0.516. The number of aromatic nitrogens is 3. The Hall–Kier alpha value is -3.04. The Morgan fingerprint density at radius 1 is 1.03 bits per heavy atom. The minimum absolute atomic E-state index is 0.0498. The average molecular weight is 509 g/mol. The van der Waals surface area contributed by atoms with Crippen molar-refractivity contribution in [2.45, 2.75) is 59.3 Å². The first-order chi connectivity index (χ1) is 15.7. The molecule has 3 rings (SSSR count). The quantitative estimate of drug-likeness (QED) is 0.450. The van der Waals surface area contributed by atoms with Crippen molar-refractivity contribution in [2.24, 2.45) is 0 Å². The fourth-order valence-corrected chi connectivity index (χ4v) is 3.59. The number of pyridine rings is 1. The van der Waals surface area contributed by atoms with E-state index in [1.54, 1.807) is 52.2 Å². The molecule has 0 radical (unpaired) electrons. The molecule has 0 saturated heterocycles. The number of phenols is 1. The number of carbonyl (C=O) groups excluding carboxylic acids is 2. The highest BCUT2D eigenvalue weighted by molar-refractivity contribution is 6.35. The summed E-state index contributed by atoms with van der Waals surface area (Å²) in [7, 11) is 0. The lowest BCUT2D eigenvalue weighted by atomic mass is 10.2. The molecule has 34 heavy (non-hydrogen) atoms. The maximum Gasteiger partial charge on any atom is 0.425 e. The number of rotatable bonds is 3. The van der Waals surface area contributed by atoms with E-state index in [1.807, 2.05) is 0 Å². The number of carbonyl (C=O) groups is 2. The van der Waals surface area contributed by atoms with Gasteiger partial charge in [-0.25, -0.2) is 19.6 Å². The van der Waals surface area contributed by atoms with Gasteiger partial charge in [0.15, 0.2) is 5.82 Å². The Morgan fingerprint density at radius 2 is 1.62 bits per heavy atom. The number of phenolic OH excluding ortho intramolecular Hbond substituents is 1. The van der Waals surface area contributed by atoms with E-state index in [-0.39, 0.29) is 28.7 Å². The molecule has 0 saturated carbocycles. The van der Waals surface area contributed by atoms with Crippen LogP contribution in [0, 0.1) is 0 Å². The van der Waals surface area contributed by atoms with Crippen LogP contribution in [0.5, 0.6) is 5.75 Å². The molecule has 9 nitrogen and oxygen atoms in total. The van der Waals surface area contributed by atoms with Gasteiger partial charge in [0, 0.05) is 16.8 Å². The van der Waals surface area contributed by atoms with E-state index in [2.05, 4.69) is 9.97 Å². The van der Waals surface area contributed by atoms with Crippen LogP contribution < -0.4 is 4.90 Å². The minimum atomic E-state index is -0.949. The number of halogens is 2. The van der Waals surface area contributed by atoms with Gasteiger partial charge in [0.05, 0.1) is 23.4 Å². The van der Waals surface area contributed by atoms with Crippen molar-refractivity contribution in [1.29, 1.82) is 0 Å². The van der Waals surface area contributed by atoms with Crippen LogP contribution in [-0.4, -0.2) is 43.0 Å². The number of imidazole rings is 1. The van der Waals surface area contributed by atoms with E-state index in [9.17, 15) is 14.7 Å². The number of amides is 2. The SMILES string of the molecule is CC(C)(C)OC(=O)N(C(=O)OC(C)(C)C)c1nccc2c1ncn2Cc1c(O)cc(Cl)cc1Cl. The lowest BCUT2D eigenvalue weighted by molar-refractivity contribution is 0.0429. The number of benzene rings is 1. The lowest BCUT2D eigenvalue weighted by Gasteiger charge is -2.28. The lowest BCUT2D eigenvalue weighted by Crippen LogP contribution is -2.44. The molecule has 182 valence electrons. The highest BCUT2D eigenvalue weighted by Crippen LogP contribution is 2.32. The molecule has 0 aliphatic heterocycles. The predicted octanol–water partition coefficient (Wildman–Crippen LogP) is 6.17. The second-order valence-corrected chi connectivity index (χ2v) is 10.4. The number of hydrogen-bond acceptors (Lipinski definition) is 7. The van der Waals surface area contributed by atoms with Gasteiger partial charge in [0.1, 0.15) is 22.5 Å². The summed E-state index contributed by atoms with van der Waals surface area (Å²) in [6, 6.07) is 4.58. The Kier molecular flexibility index (Phi) is 7.00. The molecule has 1 N–H and O–H groups in total. The van der Waals surface area contributed by atoms with Gasteiger partial charge in [-0.1, -0.05) is 23.2 Å². The number of ether oxygens (including phenoxy) is 2. The van der Waals surface area contributed by atoms with Gasteiger partial charge in [-0.2, -0.15) is 4.90 Å². The van der Waals surface area contributed by atoms with Gasteiger partial charge in [-0.15, -0.1) is 0 Å². The van der Waals surface area contributed by atoms with Gasteiger partial charge < -0.3 is 19.1 Å². The van der Waals surface area contributed by atoms with E-state index >= 15 is 0 Å². The van der Waals surface area contributed by atoms with Crippen molar-refractivity contribution in [1.82, 2.24) is 14.5 Å². The molecule has 11 heteroatoms. The summed E-state index contributed by atoms with van der Waals surface area (Å²) in [6.45, 7) is 10.3. The highest BCUT2D eigenvalue weighted by Gasteiger charge is 2.35. The van der Waals surface area contributed by atoms with Crippen LogP contribution in [0.3, 0.4) is 0 Å². The molecule has 0 aliphatic rings. The zero-order valence-electron chi connectivity index (χ0n) is 19.7. The number of nitrogens with zero attached hydrogens (tertiary/aromatic N) is 4. The Morgan fingerprint density at radius 3 is 2.15 bits per heavy atom. The molecular weight excluding hydrogens is 483 g/mol. The van der Waals surface area contributed by atoms with Crippen molar-refractivity contribution < 1.29 is 24.2 Å². The molecule has 3 aromatic rings. The van der Waals surface area contributed by atoms with Gasteiger partial charge in [0.2, 0.25) is 0 Å². The third-order valence-electron chi connectivity index (χ3n) is 4.35. The van der Waals surface area contributed by atoms with Gasteiger partial charge >= 0.3 is 12.2 Å². The van der Waals surface area contributed by atoms with E-state index in [0.29, 0.717) is 16.1 Å². The van der Waals surface area contributed by atoms with Crippen LogP contribution in [0.25, 0.3) is 11.0 Å². The molecular formula is C23H26Cl2N4O5. The number of anilines is 1. The summed E-state index contributed by atoms with van der Waals surface area (Å²) in [6.07, 6.45) is 1.02. The first kappa shape index (κ1) is 25.6. The second-order valence-electron chi connectivity index (χ2n) is 9.56. The van der Waals surface area contributed by atoms with E-state index in [4.69, 9.17) is 32.7 Å². The molecule has 1 aromatic carbocycles. The van der Waals surface area contributed by atoms with Crippen LogP contribution in [0.4, 0.5) is 15.4 Å². The molecule has 2 heterocycles. The third-order valence-corrected chi connectivity index (χ3v) is 4.90. The molecule has 0 unspecified atom stereocenters. The van der Waals surface area contributed by atoms with E-state index in [0.717, 1.165) is 4.90 Å². The number of aromatic hydroxyl groups is 1. The molecule has 0 aliphatic carbocycles. The highest BCUT2D eigenvalue weighted by atomic mass is 35.5. The standard InChI is InChI=1S/C23H26Cl2N4O5/c1-22(2,3)33-20(31)29(21(32)34-23(4,5)6)19-18-16(7-8-26-19)28(12-27-18)11-14-15(25)9-13(24)10-17(14)30/h7-10,12,30H,11H2,1-6H3. The third kappa shape index (κ3) is 5.90. The minimum Gasteiger partial charge on any atom is -0.507 e. The van der Waals surface area contributed by atoms with Crippen molar-refractivity contribution in [3.05, 3.63) is 46.3 Å². The van der Waals surface area contributed by atoms with Crippen LogP contribution >= 0.6 is 23.2 Å². The van der Waals surface area contributed by atoms with E-state index < -0.39 is 23.4 Å². The molecule has 0 bridgehead atoms. The Balaban J connectivity index is 2.08. The van der Waals surface area contributed by atoms with Crippen molar-refractivity contribution in [3.8, 4) is 5.75 Å². The second kappa shape index (κ2) is 9.31. The maximum atomic E-state index is 13.0. The molecule has 0 fully saturated rings. The van der Waals surface area contributed by atoms with Gasteiger partial charge in [-0.3, -0.25) is 0 Å². The monoisotopic (exact) mass is 508 g/mol. The van der Waals surface area contributed by atoms with Crippen molar-refractivity contribution in [2.75, 3.05) is 4.90 Å². The largest absolute Gasteiger partial charge is 0.507 e. The van der Waals surface area contributed by atoms with Crippen LogP contribution in [0.1, 0.15) is 47.1 Å². The molecule has 0 atom stereocenters. The summed E-state index contributed by atoms with van der Waals surface area (Å²) in [5, 5.41) is 10.9. The molecule has 0 spiro atoms. The zero-order valence-corrected chi connectivity index (χ0v) is 21.2. The number of fused-ring (bicyclic) bond motifs is 1. The van der Waals surface area contributed by atoms with Crippen LogP contribution in [-0.2, 0) is 16.0 Å². The molecule has 2 amide bonds. The normalized spacial score (nSPS) is 12.0. The fraction of sp³-hybridized carbons (Fsp3) is 0.391. The average Bonchev–Trinajstić information content (AvgIpc) is 3.05. The van der Waals surface area contributed by atoms with Crippen LogP contribution in [0.2, 0.25) is 10.0 Å². The fourth-order valence-electron chi connectivity index (χ4n) is 3.05. The topological polar surface area (TPSA) is 107 Å². The smallest absolute Gasteiger partial charge is 0.425 e. The summed E-state index contributed by atoms with van der Waals surface area (Å²) in [4.78, 5) is 35.3. The van der Waals surface area contributed by atoms with Gasteiger partial charge in [-0.05, 0) is 59.7 Å². The maximum absolute atomic E-state index is 13.0. The Bertz CT molecular complexity index is 1190. The molecule has 2 aromatic heterocycles. The predicted molar refractivity (Wildman–Crippen MR) is 130 cm³/mol. The van der Waals surface area contributed by atoms with E-state index in [1.165, 1.54) is 24.7 Å². The van der Waals surface area contributed by atoms with Gasteiger partial charge in [0.25, 0.3) is 0 Å². The first-order valence-electron chi connectivity index (χ1n) is 10.4. The summed E-state index contributed by atoms with van der Waals surface area (Å²) in [5.74, 6) is -0.121.